The van der Waals surface area contributed by atoms with Crippen molar-refractivity contribution in [3.63, 3.8) is 0 Å². The van der Waals surface area contributed by atoms with E-state index in [9.17, 15) is 4.79 Å². The molecule has 1 saturated heterocycles. The number of aryl methyl sites for hydroxylation is 1. The predicted molar refractivity (Wildman–Crippen MR) is 87.3 cm³/mol. The molecule has 1 aliphatic heterocycles. The molecule has 4 heteroatoms. The van der Waals surface area contributed by atoms with Gasteiger partial charge in [0.2, 0.25) is 0 Å². The lowest BCUT2D eigenvalue weighted by molar-refractivity contribution is 0.325. The highest BCUT2D eigenvalue weighted by Gasteiger charge is 2.25. The van der Waals surface area contributed by atoms with E-state index in [4.69, 9.17) is 4.74 Å². The van der Waals surface area contributed by atoms with E-state index in [0.717, 1.165) is 37.4 Å². The van der Waals surface area contributed by atoms with Crippen LogP contribution in [-0.4, -0.2) is 29.7 Å². The largest absolute Gasteiger partial charge is 0.496 e. The number of hydrogen-bond donors (Lipinski definition) is 0. The first-order valence-corrected chi connectivity index (χ1v) is 7.68. The number of para-hydroxylation sites is 1. The fraction of sp³-hybridized carbons (Fsp3) is 0.389. The summed E-state index contributed by atoms with van der Waals surface area (Å²) in [5.41, 5.74) is 2.43. The molecule has 1 aromatic heterocycles. The predicted octanol–water partition coefficient (Wildman–Crippen LogP) is 2.38. The monoisotopic (exact) mass is 298 g/mol. The van der Waals surface area contributed by atoms with Gasteiger partial charge in [-0.25, -0.2) is 0 Å². The highest BCUT2D eigenvalue weighted by atomic mass is 16.5. The van der Waals surface area contributed by atoms with Crippen molar-refractivity contribution in [2.24, 2.45) is 7.05 Å². The Labute approximate surface area is 131 Å². The smallest absolute Gasteiger partial charge is 0.250 e. The molecule has 2 heterocycles. The minimum Gasteiger partial charge on any atom is -0.496 e. The summed E-state index contributed by atoms with van der Waals surface area (Å²) in [5.74, 6) is 1.48. The highest BCUT2D eigenvalue weighted by Crippen LogP contribution is 2.33. The molecule has 0 radical (unpaired) electrons. The minimum atomic E-state index is 0.0537. The topological polar surface area (TPSA) is 34.5 Å². The van der Waals surface area contributed by atoms with E-state index in [1.807, 2.05) is 24.4 Å². The van der Waals surface area contributed by atoms with Gasteiger partial charge in [-0.3, -0.25) is 9.69 Å². The summed E-state index contributed by atoms with van der Waals surface area (Å²) in [6, 6.07) is 12.0. The van der Waals surface area contributed by atoms with Gasteiger partial charge in [0.05, 0.1) is 7.11 Å². The van der Waals surface area contributed by atoms with Gasteiger partial charge < -0.3 is 9.30 Å². The Morgan fingerprint density at radius 2 is 2.09 bits per heavy atom. The van der Waals surface area contributed by atoms with Gasteiger partial charge in [0.25, 0.3) is 5.56 Å². The maximum absolute atomic E-state index is 11.7. The fourth-order valence-corrected chi connectivity index (χ4v) is 3.18. The van der Waals surface area contributed by atoms with Crippen LogP contribution in [0, 0.1) is 0 Å². The summed E-state index contributed by atoms with van der Waals surface area (Å²) in [4.78, 5) is 14.1. The molecular formula is C18H22N2O2. The van der Waals surface area contributed by atoms with E-state index in [1.165, 1.54) is 5.56 Å². The SMILES string of the molecule is COc1ccccc1C1CCN(Cc2ccn(C)c(=O)c2)C1. The molecule has 4 nitrogen and oxygen atoms in total. The zero-order valence-corrected chi connectivity index (χ0v) is 13.2. The molecule has 1 fully saturated rings. The molecule has 2 aromatic rings. The molecule has 0 aliphatic carbocycles. The number of rotatable bonds is 4. The summed E-state index contributed by atoms with van der Waals surface area (Å²) >= 11 is 0. The van der Waals surface area contributed by atoms with E-state index in [0.29, 0.717) is 5.92 Å². The summed E-state index contributed by atoms with van der Waals surface area (Å²) in [6.45, 7) is 2.90. The molecule has 0 amide bonds. The van der Waals surface area contributed by atoms with Crippen molar-refractivity contribution in [2.45, 2.75) is 18.9 Å². The summed E-state index contributed by atoms with van der Waals surface area (Å²) in [5, 5.41) is 0. The van der Waals surface area contributed by atoms with Crippen molar-refractivity contribution in [3.05, 3.63) is 64.1 Å². The molecule has 1 aliphatic rings. The lowest BCUT2D eigenvalue weighted by atomic mass is 9.97. The lowest BCUT2D eigenvalue weighted by Crippen LogP contribution is -2.22. The van der Waals surface area contributed by atoms with Gasteiger partial charge >= 0.3 is 0 Å². The van der Waals surface area contributed by atoms with E-state index in [2.05, 4.69) is 17.0 Å². The molecule has 1 aromatic carbocycles. The van der Waals surface area contributed by atoms with E-state index < -0.39 is 0 Å². The van der Waals surface area contributed by atoms with Crippen molar-refractivity contribution in [1.82, 2.24) is 9.47 Å². The summed E-state index contributed by atoms with van der Waals surface area (Å²) in [6.07, 6.45) is 2.97. The molecule has 1 unspecified atom stereocenters. The standard InChI is InChI=1S/C18H22N2O2/c1-19-9-7-14(11-18(19)21)12-20-10-8-15(13-20)16-5-3-4-6-17(16)22-2/h3-7,9,11,15H,8,10,12-13H2,1-2H3. The number of ether oxygens (including phenoxy) is 1. The van der Waals surface area contributed by atoms with E-state index in [-0.39, 0.29) is 5.56 Å². The van der Waals surface area contributed by atoms with Crippen molar-refractivity contribution in [1.29, 1.82) is 0 Å². The van der Waals surface area contributed by atoms with Crippen LogP contribution in [0.1, 0.15) is 23.5 Å². The molecular weight excluding hydrogens is 276 g/mol. The van der Waals surface area contributed by atoms with Crippen molar-refractivity contribution < 1.29 is 4.74 Å². The van der Waals surface area contributed by atoms with Gasteiger partial charge in [0, 0.05) is 38.3 Å². The van der Waals surface area contributed by atoms with Crippen LogP contribution in [0.25, 0.3) is 0 Å². The van der Waals surface area contributed by atoms with Crippen LogP contribution in [0.4, 0.5) is 0 Å². The van der Waals surface area contributed by atoms with Crippen LogP contribution in [0.5, 0.6) is 5.75 Å². The van der Waals surface area contributed by atoms with Gasteiger partial charge in [0.15, 0.2) is 0 Å². The molecule has 0 saturated carbocycles. The first-order chi connectivity index (χ1) is 10.7. The Bertz CT molecular complexity index is 708. The van der Waals surface area contributed by atoms with Gasteiger partial charge in [-0.05, 0) is 36.2 Å². The Morgan fingerprint density at radius 1 is 1.27 bits per heavy atom. The lowest BCUT2D eigenvalue weighted by Gasteiger charge is -2.17. The maximum atomic E-state index is 11.7. The zero-order valence-electron chi connectivity index (χ0n) is 13.2. The van der Waals surface area contributed by atoms with Crippen LogP contribution in [0.15, 0.2) is 47.4 Å². The maximum Gasteiger partial charge on any atom is 0.250 e. The molecule has 0 N–H and O–H groups in total. The first-order valence-electron chi connectivity index (χ1n) is 7.68. The number of methoxy groups -OCH3 is 1. The van der Waals surface area contributed by atoms with Crippen LogP contribution in [0.3, 0.4) is 0 Å². The van der Waals surface area contributed by atoms with Crippen molar-refractivity contribution in [3.8, 4) is 5.75 Å². The van der Waals surface area contributed by atoms with Gasteiger partial charge in [-0.15, -0.1) is 0 Å². The quantitative estimate of drug-likeness (QED) is 0.869. The Balaban J connectivity index is 1.69. The third-order valence-corrected chi connectivity index (χ3v) is 4.43. The Hall–Kier alpha value is -2.07. The van der Waals surface area contributed by atoms with Crippen LogP contribution in [-0.2, 0) is 13.6 Å². The molecule has 22 heavy (non-hydrogen) atoms. The molecule has 0 spiro atoms. The number of benzene rings is 1. The van der Waals surface area contributed by atoms with Crippen LogP contribution < -0.4 is 10.3 Å². The Morgan fingerprint density at radius 3 is 2.86 bits per heavy atom. The fourth-order valence-electron chi connectivity index (χ4n) is 3.18. The highest BCUT2D eigenvalue weighted by molar-refractivity contribution is 5.37. The number of likely N-dealkylation sites (tertiary alicyclic amines) is 1. The molecule has 0 bridgehead atoms. The second kappa shape index (κ2) is 6.36. The van der Waals surface area contributed by atoms with Gasteiger partial charge in [-0.2, -0.15) is 0 Å². The number of nitrogens with zero attached hydrogens (tertiary/aromatic N) is 2. The molecule has 1 atom stereocenters. The van der Waals surface area contributed by atoms with E-state index >= 15 is 0 Å². The Kier molecular flexibility index (Phi) is 4.29. The van der Waals surface area contributed by atoms with Crippen LogP contribution >= 0.6 is 0 Å². The van der Waals surface area contributed by atoms with Gasteiger partial charge in [0.1, 0.15) is 5.75 Å². The van der Waals surface area contributed by atoms with Crippen molar-refractivity contribution in [2.75, 3.05) is 20.2 Å². The first kappa shape index (κ1) is 14.9. The average molecular weight is 298 g/mol. The normalized spacial score (nSPS) is 18.5. The average Bonchev–Trinajstić information content (AvgIpc) is 2.99. The second-order valence-electron chi connectivity index (χ2n) is 5.95. The summed E-state index contributed by atoms with van der Waals surface area (Å²) in [7, 11) is 3.50. The van der Waals surface area contributed by atoms with Crippen LogP contribution in [0.2, 0.25) is 0 Å². The number of hydrogen-bond acceptors (Lipinski definition) is 3. The molecule has 116 valence electrons. The molecule has 3 rings (SSSR count). The van der Waals surface area contributed by atoms with Gasteiger partial charge in [-0.1, -0.05) is 18.2 Å². The summed E-state index contributed by atoms with van der Waals surface area (Å²) < 4.78 is 7.08. The third-order valence-electron chi connectivity index (χ3n) is 4.43. The number of aromatic nitrogens is 1. The third kappa shape index (κ3) is 3.07. The number of pyridine rings is 1. The zero-order chi connectivity index (χ0) is 15.5. The van der Waals surface area contributed by atoms with E-state index in [1.54, 1.807) is 24.8 Å². The minimum absolute atomic E-state index is 0.0537. The second-order valence-corrected chi connectivity index (χ2v) is 5.95. The van der Waals surface area contributed by atoms with Crippen molar-refractivity contribution >= 4 is 0 Å².